The van der Waals surface area contributed by atoms with Crippen LogP contribution in [0.15, 0.2) is 45.8 Å². The van der Waals surface area contributed by atoms with Gasteiger partial charge in [-0.15, -0.1) is 0 Å². The second-order valence-corrected chi connectivity index (χ2v) is 6.67. The number of aromatic nitrogens is 4. The molecule has 0 saturated heterocycles. The fourth-order valence-corrected chi connectivity index (χ4v) is 2.70. The lowest BCUT2D eigenvalue weighted by molar-refractivity contribution is 0.350. The van der Waals surface area contributed by atoms with Crippen molar-refractivity contribution in [1.82, 2.24) is 20.1 Å². The van der Waals surface area contributed by atoms with E-state index in [0.29, 0.717) is 17.6 Å². The fraction of sp³-hybridized carbons (Fsp3) is 0.312. The summed E-state index contributed by atoms with van der Waals surface area (Å²) >= 11 is 3.47. The van der Waals surface area contributed by atoms with Crippen molar-refractivity contribution in [2.24, 2.45) is 5.92 Å². The van der Waals surface area contributed by atoms with Crippen LogP contribution in [0.4, 0.5) is 0 Å². The third-order valence-electron chi connectivity index (χ3n) is 4.22. The second-order valence-electron chi connectivity index (χ2n) is 5.75. The summed E-state index contributed by atoms with van der Waals surface area (Å²) in [5, 5.41) is 4.22. The fourth-order valence-electron chi connectivity index (χ4n) is 2.43. The highest BCUT2D eigenvalue weighted by molar-refractivity contribution is 9.10. The zero-order valence-electron chi connectivity index (χ0n) is 12.7. The predicted octanol–water partition coefficient (Wildman–Crippen LogP) is 4.18. The maximum absolute atomic E-state index is 5.41. The zero-order valence-corrected chi connectivity index (χ0v) is 14.3. The van der Waals surface area contributed by atoms with Crippen molar-refractivity contribution in [2.45, 2.75) is 26.2 Å². The van der Waals surface area contributed by atoms with Crippen LogP contribution in [0.5, 0.6) is 0 Å². The summed E-state index contributed by atoms with van der Waals surface area (Å²) in [4.78, 5) is 11.5. The molecule has 1 N–H and O–H groups in total. The first-order valence-corrected chi connectivity index (χ1v) is 7.90. The highest BCUT2D eigenvalue weighted by Gasteiger charge is 2.37. The third-order valence-corrected chi connectivity index (χ3v) is 4.75. The van der Waals surface area contributed by atoms with Gasteiger partial charge in [-0.3, -0.25) is 0 Å². The highest BCUT2D eigenvalue weighted by Crippen LogP contribution is 2.38. The Labute approximate surface area is 137 Å². The van der Waals surface area contributed by atoms with Gasteiger partial charge in [-0.2, -0.15) is 4.98 Å². The molecule has 0 amide bonds. The molecule has 1 aromatic carbocycles. The van der Waals surface area contributed by atoms with E-state index in [9.17, 15) is 0 Å². The normalized spacial score (nSPS) is 14.2. The van der Waals surface area contributed by atoms with Gasteiger partial charge in [0.05, 0.1) is 17.9 Å². The summed E-state index contributed by atoms with van der Waals surface area (Å²) in [6.45, 7) is 6.46. The Hall–Kier alpha value is -1.95. The van der Waals surface area contributed by atoms with Crippen LogP contribution in [-0.2, 0) is 5.41 Å². The minimum absolute atomic E-state index is 0.306. The molecule has 0 bridgehead atoms. The Bertz CT molecular complexity index is 749. The SMILES string of the molecule is CC(C)C(C)(c1ccc(Br)cc1)c1noc(-c2cnc[nH]2)n1. The minimum Gasteiger partial charge on any atom is -0.341 e. The predicted molar refractivity (Wildman–Crippen MR) is 87.3 cm³/mol. The van der Waals surface area contributed by atoms with Gasteiger partial charge in [0, 0.05) is 4.47 Å². The number of halogens is 1. The first kappa shape index (κ1) is 15.0. The molecule has 0 saturated carbocycles. The molecule has 6 heteroatoms. The van der Waals surface area contributed by atoms with Crippen molar-refractivity contribution < 1.29 is 4.52 Å². The summed E-state index contributed by atoms with van der Waals surface area (Å²) in [6.07, 6.45) is 3.26. The molecule has 1 atom stereocenters. The molecule has 22 heavy (non-hydrogen) atoms. The number of hydrogen-bond donors (Lipinski definition) is 1. The summed E-state index contributed by atoms with van der Waals surface area (Å²) in [7, 11) is 0. The summed E-state index contributed by atoms with van der Waals surface area (Å²) in [5.74, 6) is 1.44. The van der Waals surface area contributed by atoms with E-state index in [-0.39, 0.29) is 5.41 Å². The van der Waals surface area contributed by atoms with Crippen LogP contribution in [0.3, 0.4) is 0 Å². The van der Waals surface area contributed by atoms with Crippen LogP contribution in [0.1, 0.15) is 32.2 Å². The van der Waals surface area contributed by atoms with Crippen LogP contribution in [-0.4, -0.2) is 20.1 Å². The number of nitrogens with zero attached hydrogens (tertiary/aromatic N) is 3. The van der Waals surface area contributed by atoms with Gasteiger partial charge in [0.1, 0.15) is 5.69 Å². The Balaban J connectivity index is 2.06. The average molecular weight is 361 g/mol. The molecule has 114 valence electrons. The van der Waals surface area contributed by atoms with Crippen molar-refractivity contribution in [3.63, 3.8) is 0 Å². The van der Waals surface area contributed by atoms with Crippen molar-refractivity contribution in [3.8, 4) is 11.6 Å². The molecule has 2 aromatic heterocycles. The second kappa shape index (κ2) is 5.68. The van der Waals surface area contributed by atoms with Crippen LogP contribution in [0.2, 0.25) is 0 Å². The Morgan fingerprint density at radius 1 is 1.23 bits per heavy atom. The quantitative estimate of drug-likeness (QED) is 0.757. The van der Waals surface area contributed by atoms with E-state index in [1.165, 1.54) is 0 Å². The van der Waals surface area contributed by atoms with Crippen molar-refractivity contribution in [1.29, 1.82) is 0 Å². The van der Waals surface area contributed by atoms with Gasteiger partial charge in [-0.05, 0) is 30.5 Å². The molecule has 0 radical (unpaired) electrons. The standard InChI is InChI=1S/C16H17BrN4O/c1-10(2)16(3,11-4-6-12(17)7-5-11)15-20-14(22-21-15)13-8-18-9-19-13/h4-10H,1-3H3,(H,18,19). The maximum atomic E-state index is 5.41. The van der Waals surface area contributed by atoms with E-state index in [4.69, 9.17) is 4.52 Å². The number of benzene rings is 1. The van der Waals surface area contributed by atoms with Crippen LogP contribution >= 0.6 is 15.9 Å². The van der Waals surface area contributed by atoms with E-state index in [1.54, 1.807) is 12.5 Å². The van der Waals surface area contributed by atoms with Gasteiger partial charge in [-0.25, -0.2) is 4.98 Å². The monoisotopic (exact) mass is 360 g/mol. The third kappa shape index (κ3) is 2.47. The minimum atomic E-state index is -0.331. The van der Waals surface area contributed by atoms with Gasteiger partial charge < -0.3 is 9.51 Å². The summed E-state index contributed by atoms with van der Waals surface area (Å²) in [5.41, 5.74) is 1.55. The Morgan fingerprint density at radius 3 is 2.55 bits per heavy atom. The van der Waals surface area contributed by atoms with Gasteiger partial charge >= 0.3 is 0 Å². The van der Waals surface area contributed by atoms with E-state index in [2.05, 4.69) is 68.9 Å². The molecule has 1 unspecified atom stereocenters. The van der Waals surface area contributed by atoms with Gasteiger partial charge in [0.25, 0.3) is 5.89 Å². The number of aromatic amines is 1. The first-order chi connectivity index (χ1) is 10.5. The molecule has 0 aliphatic heterocycles. The number of H-pyrrole nitrogens is 1. The molecule has 3 aromatic rings. The van der Waals surface area contributed by atoms with Crippen LogP contribution < -0.4 is 0 Å². The molecule has 2 heterocycles. The van der Waals surface area contributed by atoms with Crippen molar-refractivity contribution in [3.05, 3.63) is 52.7 Å². The molecular weight excluding hydrogens is 344 g/mol. The van der Waals surface area contributed by atoms with E-state index in [1.807, 2.05) is 12.1 Å². The molecule has 0 fully saturated rings. The van der Waals surface area contributed by atoms with Gasteiger partial charge in [0.15, 0.2) is 5.82 Å². The van der Waals surface area contributed by atoms with Crippen LogP contribution in [0, 0.1) is 5.92 Å². The van der Waals surface area contributed by atoms with E-state index in [0.717, 1.165) is 15.7 Å². The highest BCUT2D eigenvalue weighted by atomic mass is 79.9. The van der Waals surface area contributed by atoms with Gasteiger partial charge in [-0.1, -0.05) is 47.1 Å². The summed E-state index contributed by atoms with van der Waals surface area (Å²) < 4.78 is 6.46. The average Bonchev–Trinajstić information content (AvgIpc) is 3.18. The van der Waals surface area contributed by atoms with Crippen LogP contribution in [0.25, 0.3) is 11.6 Å². The molecule has 3 rings (SSSR count). The lowest BCUT2D eigenvalue weighted by Gasteiger charge is -2.31. The largest absolute Gasteiger partial charge is 0.341 e. The number of rotatable bonds is 4. The Kier molecular flexibility index (Phi) is 3.87. The lowest BCUT2D eigenvalue weighted by atomic mass is 9.73. The number of imidazole rings is 1. The molecular formula is C16H17BrN4O. The first-order valence-electron chi connectivity index (χ1n) is 7.10. The van der Waals surface area contributed by atoms with E-state index >= 15 is 0 Å². The van der Waals surface area contributed by atoms with Crippen molar-refractivity contribution >= 4 is 15.9 Å². The summed E-state index contributed by atoms with van der Waals surface area (Å²) in [6, 6.07) is 8.25. The number of nitrogens with one attached hydrogen (secondary N) is 1. The smallest absolute Gasteiger partial charge is 0.276 e. The van der Waals surface area contributed by atoms with E-state index < -0.39 is 0 Å². The molecule has 0 aliphatic carbocycles. The molecule has 5 nitrogen and oxygen atoms in total. The topological polar surface area (TPSA) is 67.6 Å². The Morgan fingerprint density at radius 2 is 1.95 bits per heavy atom. The zero-order chi connectivity index (χ0) is 15.7. The number of hydrogen-bond acceptors (Lipinski definition) is 4. The van der Waals surface area contributed by atoms with Gasteiger partial charge in [0.2, 0.25) is 0 Å². The molecule has 0 spiro atoms. The lowest BCUT2D eigenvalue weighted by Crippen LogP contribution is -2.31. The molecule has 0 aliphatic rings. The maximum Gasteiger partial charge on any atom is 0.276 e. The van der Waals surface area contributed by atoms with Crippen molar-refractivity contribution in [2.75, 3.05) is 0 Å².